The second kappa shape index (κ2) is 6.42. The van der Waals surface area contributed by atoms with Crippen molar-refractivity contribution in [1.82, 2.24) is 24.1 Å². The van der Waals surface area contributed by atoms with Crippen molar-refractivity contribution in [3.05, 3.63) is 53.9 Å². The van der Waals surface area contributed by atoms with Crippen LogP contribution in [0, 0.1) is 5.92 Å². The first-order valence-corrected chi connectivity index (χ1v) is 8.63. The summed E-state index contributed by atoms with van der Waals surface area (Å²) in [6.45, 7) is 2.16. The summed E-state index contributed by atoms with van der Waals surface area (Å²) in [5.74, 6) is 0.850. The molecule has 0 fully saturated rings. The Balaban J connectivity index is 1.41. The standard InChI is InChI=1S/C18H20F3N5/c1-24(11-14-8-22-26-7-3-2-4-15(14)26)9-13-5-6-17-23-16(18(19,20)21)12-25(17)10-13/h2-4,7-8,12-13H,5-6,9-11H2,1H3/t13-/m0/s1. The quantitative estimate of drug-likeness (QED) is 0.714. The second-order valence-electron chi connectivity index (χ2n) is 6.99. The van der Waals surface area contributed by atoms with E-state index in [4.69, 9.17) is 0 Å². The smallest absolute Gasteiger partial charge is 0.334 e. The summed E-state index contributed by atoms with van der Waals surface area (Å²) in [5, 5.41) is 4.35. The molecule has 0 aromatic carbocycles. The van der Waals surface area contributed by atoms with E-state index in [0.29, 0.717) is 24.7 Å². The van der Waals surface area contributed by atoms with Gasteiger partial charge < -0.3 is 9.47 Å². The van der Waals surface area contributed by atoms with Crippen LogP contribution in [-0.4, -0.2) is 37.7 Å². The number of fused-ring (bicyclic) bond motifs is 2. The summed E-state index contributed by atoms with van der Waals surface area (Å²) in [6.07, 6.45) is 2.00. The molecular formula is C18H20F3N5. The Labute approximate surface area is 149 Å². The normalized spacial score (nSPS) is 17.8. The number of pyridine rings is 1. The number of aromatic nitrogens is 4. The molecule has 0 spiro atoms. The summed E-state index contributed by atoms with van der Waals surface area (Å²) in [7, 11) is 2.04. The van der Waals surface area contributed by atoms with Crippen LogP contribution in [0.15, 0.2) is 36.8 Å². The van der Waals surface area contributed by atoms with Crippen LogP contribution in [0.3, 0.4) is 0 Å². The zero-order valence-corrected chi connectivity index (χ0v) is 14.4. The van der Waals surface area contributed by atoms with E-state index in [0.717, 1.165) is 36.8 Å². The summed E-state index contributed by atoms with van der Waals surface area (Å²) in [5.41, 5.74) is 1.44. The minimum atomic E-state index is -4.37. The lowest BCUT2D eigenvalue weighted by Gasteiger charge is -2.28. The van der Waals surface area contributed by atoms with Crippen LogP contribution in [0.5, 0.6) is 0 Å². The number of halogens is 3. The number of nitrogens with zero attached hydrogens (tertiary/aromatic N) is 5. The van der Waals surface area contributed by atoms with Gasteiger partial charge in [0.25, 0.3) is 0 Å². The minimum absolute atomic E-state index is 0.310. The van der Waals surface area contributed by atoms with Crippen LogP contribution < -0.4 is 0 Å². The Morgan fingerprint density at radius 2 is 2.15 bits per heavy atom. The lowest BCUT2D eigenvalue weighted by molar-refractivity contribution is -0.141. The third-order valence-electron chi connectivity index (χ3n) is 4.90. The maximum absolute atomic E-state index is 12.8. The van der Waals surface area contributed by atoms with Crippen molar-refractivity contribution < 1.29 is 13.2 Å². The van der Waals surface area contributed by atoms with Crippen LogP contribution in [0.4, 0.5) is 13.2 Å². The van der Waals surface area contributed by atoms with Crippen LogP contribution in [0.25, 0.3) is 5.52 Å². The summed E-state index contributed by atoms with van der Waals surface area (Å²) in [4.78, 5) is 5.95. The van der Waals surface area contributed by atoms with Gasteiger partial charge in [0.15, 0.2) is 5.69 Å². The van der Waals surface area contributed by atoms with Crippen LogP contribution in [0.2, 0.25) is 0 Å². The van der Waals surface area contributed by atoms with E-state index in [1.54, 1.807) is 4.57 Å². The van der Waals surface area contributed by atoms with Gasteiger partial charge in [0.2, 0.25) is 0 Å². The van der Waals surface area contributed by atoms with Gasteiger partial charge in [0.05, 0.1) is 11.7 Å². The molecule has 138 valence electrons. The molecule has 0 N–H and O–H groups in total. The van der Waals surface area contributed by atoms with E-state index in [1.165, 1.54) is 0 Å². The van der Waals surface area contributed by atoms with Gasteiger partial charge in [-0.05, 0) is 31.5 Å². The van der Waals surface area contributed by atoms with E-state index in [1.807, 2.05) is 42.2 Å². The Bertz CT molecular complexity index is 911. The molecule has 0 unspecified atom stereocenters. The maximum atomic E-state index is 12.8. The molecule has 0 amide bonds. The van der Waals surface area contributed by atoms with Crippen LogP contribution >= 0.6 is 0 Å². The number of rotatable bonds is 4. The molecule has 0 bridgehead atoms. The Morgan fingerprint density at radius 3 is 2.96 bits per heavy atom. The predicted octanol–water partition coefficient (Wildman–Crippen LogP) is 3.24. The molecular weight excluding hydrogens is 343 g/mol. The molecule has 0 saturated carbocycles. The summed E-state index contributed by atoms with van der Waals surface area (Å²) < 4.78 is 42.0. The third-order valence-corrected chi connectivity index (χ3v) is 4.90. The molecule has 8 heteroatoms. The molecule has 4 rings (SSSR count). The topological polar surface area (TPSA) is 38.4 Å². The van der Waals surface area contributed by atoms with Gasteiger partial charge in [0, 0.05) is 44.0 Å². The van der Waals surface area contributed by atoms with Crippen molar-refractivity contribution in [3.8, 4) is 0 Å². The monoisotopic (exact) mass is 363 g/mol. The Morgan fingerprint density at radius 1 is 1.31 bits per heavy atom. The van der Waals surface area contributed by atoms with Crippen molar-refractivity contribution in [3.63, 3.8) is 0 Å². The zero-order valence-electron chi connectivity index (χ0n) is 14.4. The van der Waals surface area contributed by atoms with Crippen molar-refractivity contribution in [1.29, 1.82) is 0 Å². The molecule has 1 aliphatic rings. The zero-order chi connectivity index (χ0) is 18.3. The van der Waals surface area contributed by atoms with E-state index in [2.05, 4.69) is 15.0 Å². The van der Waals surface area contributed by atoms with Crippen molar-refractivity contribution in [2.75, 3.05) is 13.6 Å². The first-order valence-electron chi connectivity index (χ1n) is 8.63. The van der Waals surface area contributed by atoms with Gasteiger partial charge in [-0.3, -0.25) is 0 Å². The number of hydrogen-bond acceptors (Lipinski definition) is 3. The SMILES string of the molecule is CN(Cc1cnn2ccccc12)C[C@@H]1CCc2nc(C(F)(F)F)cn2C1. The molecule has 3 aromatic rings. The van der Waals surface area contributed by atoms with Gasteiger partial charge in [-0.15, -0.1) is 0 Å². The fraction of sp³-hybridized carbons (Fsp3) is 0.444. The van der Waals surface area contributed by atoms with Crippen LogP contribution in [0.1, 0.15) is 23.5 Å². The number of hydrogen-bond donors (Lipinski definition) is 0. The lowest BCUT2D eigenvalue weighted by Crippen LogP contribution is -2.31. The highest BCUT2D eigenvalue weighted by molar-refractivity contribution is 5.53. The van der Waals surface area contributed by atoms with Gasteiger partial charge in [-0.2, -0.15) is 18.3 Å². The molecule has 1 aliphatic heterocycles. The number of aryl methyl sites for hydroxylation is 1. The highest BCUT2D eigenvalue weighted by atomic mass is 19.4. The van der Waals surface area contributed by atoms with E-state index in [9.17, 15) is 13.2 Å². The molecule has 4 heterocycles. The fourth-order valence-electron chi connectivity index (χ4n) is 3.71. The number of alkyl halides is 3. The molecule has 5 nitrogen and oxygen atoms in total. The molecule has 3 aromatic heterocycles. The second-order valence-corrected chi connectivity index (χ2v) is 6.99. The number of imidazole rings is 1. The first-order chi connectivity index (χ1) is 12.4. The van der Waals surface area contributed by atoms with Crippen LogP contribution in [-0.2, 0) is 25.7 Å². The average molecular weight is 363 g/mol. The van der Waals surface area contributed by atoms with Gasteiger partial charge in [-0.1, -0.05) is 6.07 Å². The van der Waals surface area contributed by atoms with Gasteiger partial charge in [0.1, 0.15) is 5.82 Å². The van der Waals surface area contributed by atoms with Crippen molar-refractivity contribution in [2.24, 2.45) is 5.92 Å². The molecule has 0 saturated heterocycles. The van der Waals surface area contributed by atoms with Crippen molar-refractivity contribution >= 4 is 5.52 Å². The first kappa shape index (κ1) is 17.1. The Kier molecular flexibility index (Phi) is 4.22. The van der Waals surface area contributed by atoms with E-state index < -0.39 is 11.9 Å². The van der Waals surface area contributed by atoms with Crippen molar-refractivity contribution in [2.45, 2.75) is 32.1 Å². The minimum Gasteiger partial charge on any atom is -0.334 e. The molecule has 26 heavy (non-hydrogen) atoms. The van der Waals surface area contributed by atoms with Gasteiger partial charge in [-0.25, -0.2) is 9.50 Å². The average Bonchev–Trinajstić information content (AvgIpc) is 3.19. The largest absolute Gasteiger partial charge is 0.434 e. The summed E-state index contributed by atoms with van der Waals surface area (Å²) >= 11 is 0. The van der Waals surface area contributed by atoms with E-state index in [-0.39, 0.29) is 0 Å². The van der Waals surface area contributed by atoms with E-state index >= 15 is 0 Å². The maximum Gasteiger partial charge on any atom is 0.434 e. The highest BCUT2D eigenvalue weighted by Gasteiger charge is 2.35. The molecule has 0 radical (unpaired) electrons. The molecule has 1 atom stereocenters. The fourth-order valence-corrected chi connectivity index (χ4v) is 3.71. The molecule has 0 aliphatic carbocycles. The van der Waals surface area contributed by atoms with Gasteiger partial charge >= 0.3 is 6.18 Å². The third kappa shape index (κ3) is 3.33. The summed E-state index contributed by atoms with van der Waals surface area (Å²) in [6, 6.07) is 5.96. The Hall–Kier alpha value is -2.35. The highest BCUT2D eigenvalue weighted by Crippen LogP contribution is 2.31. The lowest BCUT2D eigenvalue weighted by atomic mass is 9.99. The predicted molar refractivity (Wildman–Crippen MR) is 90.6 cm³/mol.